The molecule has 0 bridgehead atoms. The zero-order chi connectivity index (χ0) is 19.3. The van der Waals surface area contributed by atoms with E-state index >= 15 is 0 Å². The van der Waals surface area contributed by atoms with Crippen LogP contribution >= 0.6 is 0 Å². The van der Waals surface area contributed by atoms with E-state index in [9.17, 15) is 19.2 Å². The van der Waals surface area contributed by atoms with Crippen molar-refractivity contribution >= 4 is 23.7 Å². The van der Waals surface area contributed by atoms with Gasteiger partial charge in [0.1, 0.15) is 0 Å². The molecule has 3 amide bonds. The first-order chi connectivity index (χ1) is 12.3. The van der Waals surface area contributed by atoms with Crippen LogP contribution in [-0.4, -0.2) is 29.8 Å². The molecule has 0 radical (unpaired) electrons. The predicted molar refractivity (Wildman–Crippen MR) is 93.7 cm³/mol. The van der Waals surface area contributed by atoms with Gasteiger partial charge in [-0.1, -0.05) is 48.0 Å². The summed E-state index contributed by atoms with van der Waals surface area (Å²) in [5, 5.41) is 1.82. The van der Waals surface area contributed by atoms with Crippen molar-refractivity contribution in [2.24, 2.45) is 5.73 Å². The number of ether oxygens (including phenoxy) is 1. The topological polar surface area (TPSA) is 116 Å². The van der Waals surface area contributed by atoms with Crippen molar-refractivity contribution in [3.8, 4) is 0 Å². The molecule has 0 aliphatic heterocycles. The zero-order valence-electron chi connectivity index (χ0n) is 14.3. The van der Waals surface area contributed by atoms with Crippen molar-refractivity contribution in [3.63, 3.8) is 0 Å². The van der Waals surface area contributed by atoms with Crippen molar-refractivity contribution in [1.82, 2.24) is 5.32 Å². The van der Waals surface area contributed by atoms with Gasteiger partial charge in [0.15, 0.2) is 11.9 Å². The number of hydrogen-bond donors (Lipinski definition) is 2. The summed E-state index contributed by atoms with van der Waals surface area (Å²) in [6.45, 7) is 3.19. The maximum absolute atomic E-state index is 12.7. The van der Waals surface area contributed by atoms with Gasteiger partial charge in [-0.25, -0.2) is 9.59 Å². The van der Waals surface area contributed by atoms with Crippen LogP contribution < -0.4 is 11.1 Å². The molecule has 7 nitrogen and oxygen atoms in total. The van der Waals surface area contributed by atoms with Gasteiger partial charge >= 0.3 is 12.0 Å². The van der Waals surface area contributed by atoms with E-state index < -0.39 is 24.0 Å². The van der Waals surface area contributed by atoms with Crippen LogP contribution in [0.25, 0.3) is 0 Å². The molecule has 0 spiro atoms. The molecule has 26 heavy (non-hydrogen) atoms. The standard InChI is InChI=1S/C19H18N2O5/c1-11-7-9-13(10-8-11)16(22)14-5-3-4-6-15(14)18(24)26-12(2)17(23)21-19(20)25/h3-10,12H,1-2H3,(H3,20,21,23,25)/t12-/m1/s1. The minimum Gasteiger partial charge on any atom is -0.449 e. The Morgan fingerprint density at radius 3 is 2.12 bits per heavy atom. The van der Waals surface area contributed by atoms with E-state index in [1.54, 1.807) is 36.4 Å². The lowest BCUT2D eigenvalue weighted by Crippen LogP contribution is -2.42. The van der Waals surface area contributed by atoms with Crippen LogP contribution in [0.15, 0.2) is 48.5 Å². The SMILES string of the molecule is Cc1ccc(C(=O)c2ccccc2C(=O)O[C@H](C)C(=O)NC(N)=O)cc1. The van der Waals surface area contributed by atoms with Crippen LogP contribution in [0.5, 0.6) is 0 Å². The first-order valence-corrected chi connectivity index (χ1v) is 7.81. The Morgan fingerprint density at radius 1 is 0.962 bits per heavy atom. The van der Waals surface area contributed by atoms with Crippen molar-refractivity contribution in [2.75, 3.05) is 0 Å². The van der Waals surface area contributed by atoms with Crippen LogP contribution in [0.3, 0.4) is 0 Å². The largest absolute Gasteiger partial charge is 0.449 e. The number of rotatable bonds is 5. The van der Waals surface area contributed by atoms with Gasteiger partial charge in [-0.3, -0.25) is 14.9 Å². The summed E-state index contributed by atoms with van der Waals surface area (Å²) in [4.78, 5) is 47.4. The second-order valence-corrected chi connectivity index (χ2v) is 5.64. The number of benzene rings is 2. The van der Waals surface area contributed by atoms with Gasteiger partial charge in [0.2, 0.25) is 0 Å². The molecule has 134 valence electrons. The highest BCUT2D eigenvalue weighted by Crippen LogP contribution is 2.17. The number of aryl methyl sites for hydroxylation is 1. The lowest BCUT2D eigenvalue weighted by Gasteiger charge is -2.13. The summed E-state index contributed by atoms with van der Waals surface area (Å²) in [5.41, 5.74) is 6.47. The lowest BCUT2D eigenvalue weighted by molar-refractivity contribution is -0.127. The fraction of sp³-hybridized carbons (Fsp3) is 0.158. The van der Waals surface area contributed by atoms with Crippen molar-refractivity contribution in [1.29, 1.82) is 0 Å². The number of nitrogens with one attached hydrogen (secondary N) is 1. The number of imide groups is 1. The summed E-state index contributed by atoms with van der Waals surface area (Å²) in [5.74, 6) is -2.05. The molecule has 0 saturated carbocycles. The van der Waals surface area contributed by atoms with Crippen LogP contribution in [0.4, 0.5) is 4.79 Å². The smallest absolute Gasteiger partial charge is 0.339 e. The van der Waals surface area contributed by atoms with Crippen LogP contribution in [0.2, 0.25) is 0 Å². The van der Waals surface area contributed by atoms with E-state index in [2.05, 4.69) is 0 Å². The summed E-state index contributed by atoms with van der Waals surface area (Å²) in [6.07, 6.45) is -1.25. The molecule has 0 aliphatic rings. The normalized spacial score (nSPS) is 11.3. The molecule has 2 aromatic rings. The van der Waals surface area contributed by atoms with Crippen LogP contribution in [0, 0.1) is 6.92 Å². The molecule has 0 saturated heterocycles. The molecule has 3 N–H and O–H groups in total. The second kappa shape index (κ2) is 8.06. The van der Waals surface area contributed by atoms with E-state index in [-0.39, 0.29) is 16.9 Å². The molecule has 1 atom stereocenters. The van der Waals surface area contributed by atoms with Gasteiger partial charge in [0, 0.05) is 11.1 Å². The summed E-state index contributed by atoms with van der Waals surface area (Å²) < 4.78 is 5.03. The molecule has 7 heteroatoms. The zero-order valence-corrected chi connectivity index (χ0v) is 14.3. The van der Waals surface area contributed by atoms with E-state index in [0.717, 1.165) is 5.56 Å². The second-order valence-electron chi connectivity index (χ2n) is 5.64. The van der Waals surface area contributed by atoms with Crippen LogP contribution in [0.1, 0.15) is 38.8 Å². The van der Waals surface area contributed by atoms with E-state index in [4.69, 9.17) is 10.5 Å². The van der Waals surface area contributed by atoms with Gasteiger partial charge in [-0.15, -0.1) is 0 Å². The first-order valence-electron chi connectivity index (χ1n) is 7.81. The van der Waals surface area contributed by atoms with E-state index in [1.165, 1.54) is 19.1 Å². The van der Waals surface area contributed by atoms with Gasteiger partial charge in [0.25, 0.3) is 5.91 Å². The third-order valence-corrected chi connectivity index (χ3v) is 3.60. The highest BCUT2D eigenvalue weighted by atomic mass is 16.5. The average Bonchev–Trinajstić information content (AvgIpc) is 2.61. The minimum atomic E-state index is -1.25. The Kier molecular flexibility index (Phi) is 5.85. The minimum absolute atomic E-state index is 0.0248. The first kappa shape index (κ1) is 18.9. The third kappa shape index (κ3) is 4.54. The Bertz CT molecular complexity index is 858. The van der Waals surface area contributed by atoms with E-state index in [1.807, 2.05) is 12.2 Å². The summed E-state index contributed by atoms with van der Waals surface area (Å²) in [6, 6.07) is 12.0. The monoisotopic (exact) mass is 354 g/mol. The Morgan fingerprint density at radius 2 is 1.54 bits per heavy atom. The highest BCUT2D eigenvalue weighted by molar-refractivity contribution is 6.14. The molecule has 0 fully saturated rings. The molecule has 0 heterocycles. The Hall–Kier alpha value is -3.48. The predicted octanol–water partition coefficient (Wildman–Crippen LogP) is 1.97. The summed E-state index contributed by atoms with van der Waals surface area (Å²) >= 11 is 0. The molecular formula is C19H18N2O5. The third-order valence-electron chi connectivity index (χ3n) is 3.60. The fourth-order valence-electron chi connectivity index (χ4n) is 2.22. The molecule has 0 unspecified atom stereocenters. The summed E-state index contributed by atoms with van der Waals surface area (Å²) in [7, 11) is 0. The van der Waals surface area contributed by atoms with Gasteiger partial charge in [-0.2, -0.15) is 0 Å². The maximum Gasteiger partial charge on any atom is 0.339 e. The molecule has 0 aromatic heterocycles. The van der Waals surface area contributed by atoms with Crippen LogP contribution in [-0.2, 0) is 9.53 Å². The number of nitrogens with two attached hydrogens (primary N) is 1. The van der Waals surface area contributed by atoms with E-state index in [0.29, 0.717) is 5.56 Å². The lowest BCUT2D eigenvalue weighted by atomic mass is 9.98. The number of carbonyl (C=O) groups is 4. The number of esters is 1. The average molecular weight is 354 g/mol. The fourth-order valence-corrected chi connectivity index (χ4v) is 2.22. The highest BCUT2D eigenvalue weighted by Gasteiger charge is 2.23. The van der Waals surface area contributed by atoms with Crippen molar-refractivity contribution < 1.29 is 23.9 Å². The molecule has 2 rings (SSSR count). The molecule has 0 aliphatic carbocycles. The van der Waals surface area contributed by atoms with Gasteiger partial charge in [-0.05, 0) is 19.9 Å². The van der Waals surface area contributed by atoms with Crippen molar-refractivity contribution in [3.05, 3.63) is 70.8 Å². The van der Waals surface area contributed by atoms with Crippen molar-refractivity contribution in [2.45, 2.75) is 20.0 Å². The number of ketones is 1. The maximum atomic E-state index is 12.7. The molecular weight excluding hydrogens is 336 g/mol. The Labute approximate surface area is 150 Å². The van der Waals surface area contributed by atoms with Gasteiger partial charge in [0.05, 0.1) is 5.56 Å². The number of urea groups is 1. The quantitative estimate of drug-likeness (QED) is 0.629. The molecule has 2 aromatic carbocycles. The van der Waals surface area contributed by atoms with Gasteiger partial charge < -0.3 is 10.5 Å². The number of hydrogen-bond acceptors (Lipinski definition) is 5. The Balaban J connectivity index is 2.24. The number of amides is 3. The number of primary amides is 1. The number of carbonyl (C=O) groups excluding carboxylic acids is 4.